The number of amides is 1. The molecule has 5 heteroatoms. The van der Waals surface area contributed by atoms with Gasteiger partial charge < -0.3 is 5.32 Å². The molecule has 0 heterocycles. The summed E-state index contributed by atoms with van der Waals surface area (Å²) in [7, 11) is 0. The van der Waals surface area contributed by atoms with Crippen molar-refractivity contribution in [3.63, 3.8) is 0 Å². The SMILES string of the molecule is CC(C)(C)NSc1ccc(NC(=O)CCc2ccc(F)cc2)cc1. The second-order valence-electron chi connectivity index (χ2n) is 6.65. The molecule has 2 N–H and O–H groups in total. The Labute approximate surface area is 147 Å². The lowest BCUT2D eigenvalue weighted by Crippen LogP contribution is -2.29. The van der Waals surface area contributed by atoms with Gasteiger partial charge in [0.1, 0.15) is 5.82 Å². The normalized spacial score (nSPS) is 11.3. The van der Waals surface area contributed by atoms with Gasteiger partial charge in [-0.3, -0.25) is 9.52 Å². The minimum Gasteiger partial charge on any atom is -0.326 e. The zero-order valence-electron chi connectivity index (χ0n) is 14.2. The molecular formula is C19H23FN2OS. The summed E-state index contributed by atoms with van der Waals surface area (Å²) >= 11 is 1.57. The fraction of sp³-hybridized carbons (Fsp3) is 0.316. The first kappa shape index (κ1) is 18.5. The lowest BCUT2D eigenvalue weighted by molar-refractivity contribution is -0.116. The van der Waals surface area contributed by atoms with E-state index in [4.69, 9.17) is 0 Å². The zero-order valence-corrected chi connectivity index (χ0v) is 15.0. The molecule has 0 aliphatic carbocycles. The summed E-state index contributed by atoms with van der Waals surface area (Å²) in [5.41, 5.74) is 1.77. The van der Waals surface area contributed by atoms with E-state index in [1.165, 1.54) is 12.1 Å². The van der Waals surface area contributed by atoms with E-state index in [2.05, 4.69) is 30.8 Å². The van der Waals surface area contributed by atoms with Crippen LogP contribution in [0.3, 0.4) is 0 Å². The molecule has 0 saturated heterocycles. The van der Waals surface area contributed by atoms with Crippen LogP contribution in [0.2, 0.25) is 0 Å². The quantitative estimate of drug-likeness (QED) is 0.739. The van der Waals surface area contributed by atoms with Crippen LogP contribution in [0.25, 0.3) is 0 Å². The molecule has 0 spiro atoms. The Hall–Kier alpha value is -1.85. The average molecular weight is 346 g/mol. The second kappa shape index (κ2) is 8.31. The van der Waals surface area contributed by atoms with E-state index in [9.17, 15) is 9.18 Å². The predicted octanol–water partition coefficient (Wildman–Crippen LogP) is 4.79. The predicted molar refractivity (Wildman–Crippen MR) is 98.5 cm³/mol. The maximum atomic E-state index is 12.8. The van der Waals surface area contributed by atoms with Gasteiger partial charge in [0.2, 0.25) is 5.91 Å². The molecule has 0 fully saturated rings. The van der Waals surface area contributed by atoms with Gasteiger partial charge in [0.15, 0.2) is 0 Å². The topological polar surface area (TPSA) is 41.1 Å². The molecular weight excluding hydrogens is 323 g/mol. The lowest BCUT2D eigenvalue weighted by atomic mass is 10.1. The van der Waals surface area contributed by atoms with Crippen LogP contribution < -0.4 is 10.0 Å². The highest BCUT2D eigenvalue weighted by molar-refractivity contribution is 7.97. The number of rotatable bonds is 6. The van der Waals surface area contributed by atoms with Crippen molar-refractivity contribution < 1.29 is 9.18 Å². The van der Waals surface area contributed by atoms with Gasteiger partial charge in [-0.15, -0.1) is 0 Å². The van der Waals surface area contributed by atoms with E-state index in [1.54, 1.807) is 24.1 Å². The first-order valence-electron chi connectivity index (χ1n) is 7.90. The molecule has 0 aromatic heterocycles. The number of hydrogen-bond acceptors (Lipinski definition) is 3. The molecule has 3 nitrogen and oxygen atoms in total. The Kier molecular flexibility index (Phi) is 6.40. The van der Waals surface area contributed by atoms with Crippen molar-refractivity contribution >= 4 is 23.5 Å². The van der Waals surface area contributed by atoms with E-state index in [1.807, 2.05) is 24.3 Å². The molecule has 24 heavy (non-hydrogen) atoms. The number of carbonyl (C=O) groups excluding carboxylic acids is 1. The number of anilines is 1. The van der Waals surface area contributed by atoms with Crippen LogP contribution in [0.1, 0.15) is 32.8 Å². The van der Waals surface area contributed by atoms with Gasteiger partial charge in [-0.25, -0.2) is 4.39 Å². The van der Waals surface area contributed by atoms with E-state index in [0.29, 0.717) is 12.8 Å². The summed E-state index contributed by atoms with van der Waals surface area (Å²) in [6, 6.07) is 14.0. The Morgan fingerprint density at radius 3 is 2.25 bits per heavy atom. The van der Waals surface area contributed by atoms with Crippen LogP contribution in [0.4, 0.5) is 10.1 Å². The molecule has 0 aliphatic heterocycles. The van der Waals surface area contributed by atoms with Crippen LogP contribution in [-0.4, -0.2) is 11.4 Å². The fourth-order valence-corrected chi connectivity index (χ4v) is 2.65. The smallest absolute Gasteiger partial charge is 0.224 e. The average Bonchev–Trinajstić information content (AvgIpc) is 2.53. The Morgan fingerprint density at radius 1 is 1.04 bits per heavy atom. The standard InChI is InChI=1S/C19H23FN2OS/c1-19(2,3)22-24-17-11-9-16(10-12-17)21-18(23)13-6-14-4-7-15(20)8-5-14/h4-5,7-12,22H,6,13H2,1-3H3,(H,21,23). The number of halogens is 1. The van der Waals surface area contributed by atoms with Crippen molar-refractivity contribution in [3.8, 4) is 0 Å². The highest BCUT2D eigenvalue weighted by atomic mass is 32.2. The molecule has 128 valence electrons. The Morgan fingerprint density at radius 2 is 1.67 bits per heavy atom. The van der Waals surface area contributed by atoms with E-state index < -0.39 is 0 Å². The van der Waals surface area contributed by atoms with Crippen LogP contribution in [0.15, 0.2) is 53.4 Å². The molecule has 0 saturated carbocycles. The molecule has 2 rings (SSSR count). The molecule has 1 amide bonds. The van der Waals surface area contributed by atoms with Crippen molar-refractivity contribution in [2.45, 2.75) is 44.0 Å². The lowest BCUT2D eigenvalue weighted by Gasteiger charge is -2.19. The monoisotopic (exact) mass is 346 g/mol. The Bertz CT molecular complexity index is 663. The number of aryl methyl sites for hydroxylation is 1. The number of nitrogens with one attached hydrogen (secondary N) is 2. The minimum atomic E-state index is -0.262. The summed E-state index contributed by atoms with van der Waals surface area (Å²) in [5.74, 6) is -0.311. The van der Waals surface area contributed by atoms with Gasteiger partial charge in [0, 0.05) is 22.5 Å². The van der Waals surface area contributed by atoms with Crippen molar-refractivity contribution in [1.82, 2.24) is 4.72 Å². The van der Waals surface area contributed by atoms with E-state index in [-0.39, 0.29) is 17.3 Å². The van der Waals surface area contributed by atoms with E-state index >= 15 is 0 Å². The zero-order chi connectivity index (χ0) is 17.6. The second-order valence-corrected chi connectivity index (χ2v) is 7.53. The van der Waals surface area contributed by atoms with Gasteiger partial charge in [-0.05, 0) is 81.1 Å². The largest absolute Gasteiger partial charge is 0.326 e. The van der Waals surface area contributed by atoms with Crippen LogP contribution in [0.5, 0.6) is 0 Å². The maximum absolute atomic E-state index is 12.8. The van der Waals surface area contributed by atoms with E-state index in [0.717, 1.165) is 16.1 Å². The van der Waals surface area contributed by atoms with Gasteiger partial charge in [0.05, 0.1) is 0 Å². The van der Waals surface area contributed by atoms with Crippen LogP contribution in [-0.2, 0) is 11.2 Å². The van der Waals surface area contributed by atoms with Crippen LogP contribution >= 0.6 is 11.9 Å². The van der Waals surface area contributed by atoms with Gasteiger partial charge in [0.25, 0.3) is 0 Å². The summed E-state index contributed by atoms with van der Waals surface area (Å²) < 4.78 is 16.2. The van der Waals surface area contributed by atoms with Gasteiger partial charge in [-0.2, -0.15) is 0 Å². The molecule has 2 aromatic rings. The van der Waals surface area contributed by atoms with Crippen LogP contribution in [0, 0.1) is 5.82 Å². The number of benzene rings is 2. The third-order valence-electron chi connectivity index (χ3n) is 3.17. The highest BCUT2D eigenvalue weighted by Gasteiger charge is 2.09. The first-order chi connectivity index (χ1) is 11.3. The summed E-state index contributed by atoms with van der Waals surface area (Å²) in [6.07, 6.45) is 0.962. The number of carbonyl (C=O) groups is 1. The summed E-state index contributed by atoms with van der Waals surface area (Å²) in [6.45, 7) is 6.32. The maximum Gasteiger partial charge on any atom is 0.224 e. The molecule has 2 aromatic carbocycles. The molecule has 0 radical (unpaired) electrons. The summed E-state index contributed by atoms with van der Waals surface area (Å²) in [4.78, 5) is 13.1. The minimum absolute atomic E-state index is 0.0396. The Balaban J connectivity index is 1.80. The molecule has 0 atom stereocenters. The third kappa shape index (κ3) is 6.72. The molecule has 0 aliphatic rings. The summed E-state index contributed by atoms with van der Waals surface area (Å²) in [5, 5.41) is 2.88. The van der Waals surface area contributed by atoms with Crippen molar-refractivity contribution in [3.05, 3.63) is 59.9 Å². The van der Waals surface area contributed by atoms with Crippen molar-refractivity contribution in [2.75, 3.05) is 5.32 Å². The first-order valence-corrected chi connectivity index (χ1v) is 8.72. The molecule has 0 unspecified atom stereocenters. The van der Waals surface area contributed by atoms with Crippen molar-refractivity contribution in [2.24, 2.45) is 0 Å². The third-order valence-corrected chi connectivity index (χ3v) is 4.39. The van der Waals surface area contributed by atoms with Gasteiger partial charge in [-0.1, -0.05) is 12.1 Å². The number of hydrogen-bond donors (Lipinski definition) is 2. The van der Waals surface area contributed by atoms with Gasteiger partial charge >= 0.3 is 0 Å². The highest BCUT2D eigenvalue weighted by Crippen LogP contribution is 2.20. The fourth-order valence-electron chi connectivity index (χ4n) is 1.95. The molecule has 0 bridgehead atoms. The van der Waals surface area contributed by atoms with Crippen molar-refractivity contribution in [1.29, 1.82) is 0 Å².